The third-order valence-electron chi connectivity index (χ3n) is 5.01. The van der Waals surface area contributed by atoms with Gasteiger partial charge in [-0.15, -0.1) is 0 Å². The molecule has 4 rings (SSSR count). The summed E-state index contributed by atoms with van der Waals surface area (Å²) in [5, 5.41) is 14.5. The minimum atomic E-state index is -0.828. The molecule has 164 valence electrons. The number of methoxy groups -OCH3 is 2. The Hall–Kier alpha value is -4.21. The first-order valence-corrected chi connectivity index (χ1v) is 9.86. The molecule has 1 N–H and O–H groups in total. The van der Waals surface area contributed by atoms with Crippen LogP contribution in [0, 0.1) is 0 Å². The number of carbonyl (C=O) groups excluding carboxylic acids is 2. The minimum Gasteiger partial charge on any atom is -0.496 e. The number of Topliss-reactive ketones (excluding diaryl/α,β-unsaturated/α-hetero) is 1. The van der Waals surface area contributed by atoms with Crippen molar-refractivity contribution >= 4 is 17.7 Å². The van der Waals surface area contributed by atoms with Crippen LogP contribution in [0.25, 0.3) is 0 Å². The van der Waals surface area contributed by atoms with Gasteiger partial charge in [-0.25, -0.2) is 4.79 Å². The van der Waals surface area contributed by atoms with Gasteiger partial charge in [0.25, 0.3) is 0 Å². The lowest BCUT2D eigenvalue weighted by Gasteiger charge is -2.29. The molecule has 0 fully saturated rings. The van der Waals surface area contributed by atoms with Gasteiger partial charge in [0, 0.05) is 11.1 Å². The molecular formula is C22H21N5O5. The lowest BCUT2D eigenvalue weighted by atomic mass is 9.89. The van der Waals surface area contributed by atoms with Crippen LogP contribution in [0.3, 0.4) is 0 Å². The number of allylic oxidation sites excluding steroid dienone is 1. The first-order valence-electron chi connectivity index (χ1n) is 9.86. The Morgan fingerprint density at radius 1 is 1.09 bits per heavy atom. The van der Waals surface area contributed by atoms with Gasteiger partial charge in [0.2, 0.25) is 5.95 Å². The minimum absolute atomic E-state index is 0.0374. The highest BCUT2D eigenvalue weighted by atomic mass is 16.5. The van der Waals surface area contributed by atoms with E-state index in [9.17, 15) is 9.59 Å². The van der Waals surface area contributed by atoms with E-state index in [1.165, 1.54) is 18.9 Å². The number of para-hydroxylation sites is 1. The number of anilines is 1. The smallest absolute Gasteiger partial charge is 0.355 e. The SMILES string of the molecule is CCOc1ccc(C(=O)C2=C(C(=O)OC)Nc3nnnn3[C@@H]2c2ccccc2OC)cc1. The molecule has 2 heterocycles. The average Bonchev–Trinajstić information content (AvgIpc) is 3.31. The van der Waals surface area contributed by atoms with E-state index in [4.69, 9.17) is 14.2 Å². The van der Waals surface area contributed by atoms with E-state index in [1.807, 2.05) is 13.0 Å². The molecule has 1 aliphatic heterocycles. The number of esters is 1. The molecule has 0 saturated carbocycles. The number of ether oxygens (including phenoxy) is 3. The maximum absolute atomic E-state index is 13.7. The van der Waals surface area contributed by atoms with Crippen molar-refractivity contribution in [2.45, 2.75) is 13.0 Å². The third kappa shape index (κ3) is 3.66. The summed E-state index contributed by atoms with van der Waals surface area (Å²) in [5.41, 5.74) is 1.07. The summed E-state index contributed by atoms with van der Waals surface area (Å²) < 4.78 is 17.4. The molecule has 1 atom stereocenters. The third-order valence-corrected chi connectivity index (χ3v) is 5.01. The Balaban J connectivity index is 1.91. The first-order chi connectivity index (χ1) is 15.6. The Morgan fingerprint density at radius 3 is 2.53 bits per heavy atom. The lowest BCUT2D eigenvalue weighted by Crippen LogP contribution is -2.33. The van der Waals surface area contributed by atoms with E-state index in [0.29, 0.717) is 29.2 Å². The summed E-state index contributed by atoms with van der Waals surface area (Å²) in [4.78, 5) is 26.4. The summed E-state index contributed by atoms with van der Waals surface area (Å²) in [5.74, 6) is 0.245. The second-order valence-corrected chi connectivity index (χ2v) is 6.78. The summed E-state index contributed by atoms with van der Waals surface area (Å²) >= 11 is 0. The zero-order valence-corrected chi connectivity index (χ0v) is 17.7. The second-order valence-electron chi connectivity index (χ2n) is 6.78. The van der Waals surface area contributed by atoms with Crippen molar-refractivity contribution in [2.24, 2.45) is 0 Å². The van der Waals surface area contributed by atoms with E-state index in [1.54, 1.807) is 42.5 Å². The predicted molar refractivity (Wildman–Crippen MR) is 114 cm³/mol. The van der Waals surface area contributed by atoms with Crippen molar-refractivity contribution in [2.75, 3.05) is 26.1 Å². The average molecular weight is 435 g/mol. The van der Waals surface area contributed by atoms with E-state index >= 15 is 0 Å². The van der Waals surface area contributed by atoms with Gasteiger partial charge in [0.1, 0.15) is 23.2 Å². The van der Waals surface area contributed by atoms with Gasteiger partial charge in [-0.1, -0.05) is 23.3 Å². The van der Waals surface area contributed by atoms with Crippen LogP contribution in [0.15, 0.2) is 59.8 Å². The first kappa shape index (κ1) is 21.0. The Bertz CT molecular complexity index is 1190. The highest BCUT2D eigenvalue weighted by molar-refractivity contribution is 6.15. The largest absolute Gasteiger partial charge is 0.496 e. The summed E-state index contributed by atoms with van der Waals surface area (Å²) in [7, 11) is 2.77. The molecule has 0 amide bonds. The van der Waals surface area contributed by atoms with Crippen LogP contribution in [0.1, 0.15) is 28.9 Å². The highest BCUT2D eigenvalue weighted by Crippen LogP contribution is 2.40. The normalized spacial score (nSPS) is 14.9. The molecule has 0 unspecified atom stereocenters. The molecule has 1 aliphatic rings. The van der Waals surface area contributed by atoms with E-state index in [-0.39, 0.29) is 17.2 Å². The highest BCUT2D eigenvalue weighted by Gasteiger charge is 2.39. The number of carbonyl (C=O) groups is 2. The number of fused-ring (bicyclic) bond motifs is 1. The van der Waals surface area contributed by atoms with Crippen LogP contribution in [-0.4, -0.2) is 52.8 Å². The van der Waals surface area contributed by atoms with E-state index in [0.717, 1.165) is 0 Å². The maximum Gasteiger partial charge on any atom is 0.355 e. The van der Waals surface area contributed by atoms with Gasteiger partial charge in [-0.3, -0.25) is 4.79 Å². The summed E-state index contributed by atoms with van der Waals surface area (Å²) in [6, 6.07) is 13.0. The molecule has 0 radical (unpaired) electrons. The van der Waals surface area contributed by atoms with Gasteiger partial charge >= 0.3 is 5.97 Å². The zero-order valence-electron chi connectivity index (χ0n) is 17.7. The summed E-state index contributed by atoms with van der Waals surface area (Å²) in [6.07, 6.45) is 0. The number of rotatable bonds is 7. The van der Waals surface area contributed by atoms with Crippen LogP contribution < -0.4 is 14.8 Å². The molecular weight excluding hydrogens is 414 g/mol. The number of benzene rings is 2. The van der Waals surface area contributed by atoms with Crippen LogP contribution >= 0.6 is 0 Å². The molecule has 0 spiro atoms. The summed E-state index contributed by atoms with van der Waals surface area (Å²) in [6.45, 7) is 2.38. The fraction of sp³-hybridized carbons (Fsp3) is 0.227. The molecule has 0 aliphatic carbocycles. The van der Waals surface area contributed by atoms with Gasteiger partial charge in [0.05, 0.1) is 26.4 Å². The molecule has 2 aromatic carbocycles. The number of hydrogen-bond donors (Lipinski definition) is 1. The van der Waals surface area contributed by atoms with Crippen LogP contribution in [0.2, 0.25) is 0 Å². The van der Waals surface area contributed by atoms with E-state index < -0.39 is 17.8 Å². The van der Waals surface area contributed by atoms with Crippen LogP contribution in [-0.2, 0) is 9.53 Å². The molecule has 32 heavy (non-hydrogen) atoms. The van der Waals surface area contributed by atoms with Gasteiger partial charge in [0.15, 0.2) is 5.78 Å². The van der Waals surface area contributed by atoms with Gasteiger partial charge in [-0.05, 0) is 47.7 Å². The number of tetrazole rings is 1. The van der Waals surface area contributed by atoms with Crippen molar-refractivity contribution < 1.29 is 23.8 Å². The molecule has 0 saturated heterocycles. The topological polar surface area (TPSA) is 117 Å². The fourth-order valence-electron chi connectivity index (χ4n) is 3.59. The Labute approximate surface area is 183 Å². The van der Waals surface area contributed by atoms with Crippen molar-refractivity contribution in [3.8, 4) is 11.5 Å². The second kappa shape index (κ2) is 8.88. The fourth-order valence-corrected chi connectivity index (χ4v) is 3.59. The zero-order chi connectivity index (χ0) is 22.7. The standard InChI is InChI=1S/C22H21N5O5/c1-4-32-14-11-9-13(10-12-14)20(28)17-18(21(29)31-3)23-22-24-25-26-27(22)19(17)15-7-5-6-8-16(15)30-2/h5-12,19H,4H2,1-3H3,(H,23,24,26)/t19-/m1/s1. The predicted octanol–water partition coefficient (Wildman–Crippen LogP) is 2.41. The van der Waals surface area contributed by atoms with Crippen molar-refractivity contribution in [1.29, 1.82) is 0 Å². The van der Waals surface area contributed by atoms with Crippen LogP contribution in [0.4, 0.5) is 5.95 Å². The van der Waals surface area contributed by atoms with E-state index in [2.05, 4.69) is 20.8 Å². The van der Waals surface area contributed by atoms with Gasteiger partial charge < -0.3 is 19.5 Å². The monoisotopic (exact) mass is 435 g/mol. The lowest BCUT2D eigenvalue weighted by molar-refractivity contribution is -0.136. The van der Waals surface area contributed by atoms with Gasteiger partial charge in [-0.2, -0.15) is 4.68 Å². The molecule has 0 bridgehead atoms. The molecule has 10 heteroatoms. The maximum atomic E-state index is 13.7. The molecule has 10 nitrogen and oxygen atoms in total. The van der Waals surface area contributed by atoms with Crippen molar-refractivity contribution in [1.82, 2.24) is 20.2 Å². The number of nitrogens with one attached hydrogen (secondary N) is 1. The quantitative estimate of drug-likeness (QED) is 0.441. The molecule has 1 aromatic heterocycles. The van der Waals surface area contributed by atoms with Crippen molar-refractivity contribution in [3.05, 3.63) is 70.9 Å². The number of nitrogens with zero attached hydrogens (tertiary/aromatic N) is 4. The Morgan fingerprint density at radius 2 is 1.84 bits per heavy atom. The molecule has 3 aromatic rings. The number of ketones is 1. The number of aromatic nitrogens is 4. The number of hydrogen-bond acceptors (Lipinski definition) is 9. The van der Waals surface area contributed by atoms with Crippen molar-refractivity contribution in [3.63, 3.8) is 0 Å². The Kier molecular flexibility index (Phi) is 5.84. The van der Waals surface area contributed by atoms with Crippen LogP contribution in [0.5, 0.6) is 11.5 Å².